The summed E-state index contributed by atoms with van der Waals surface area (Å²) in [6.07, 6.45) is 6.34. The first-order valence-corrected chi connectivity index (χ1v) is 9.34. The van der Waals surface area contributed by atoms with Crippen LogP contribution in [-0.2, 0) is 11.8 Å². The van der Waals surface area contributed by atoms with Crippen molar-refractivity contribution in [1.82, 2.24) is 19.5 Å². The van der Waals surface area contributed by atoms with Gasteiger partial charge in [-0.1, -0.05) is 0 Å². The molecule has 2 fully saturated rings. The molecule has 4 heterocycles. The van der Waals surface area contributed by atoms with Gasteiger partial charge in [-0.2, -0.15) is 0 Å². The first kappa shape index (κ1) is 15.8. The van der Waals surface area contributed by atoms with E-state index in [4.69, 9.17) is 14.7 Å². The minimum atomic E-state index is 0.327. The number of fused-ring (bicyclic) bond motifs is 1. The highest BCUT2D eigenvalue weighted by atomic mass is 16.5. The van der Waals surface area contributed by atoms with Gasteiger partial charge in [-0.3, -0.25) is 0 Å². The molecule has 0 unspecified atom stereocenters. The van der Waals surface area contributed by atoms with Crippen molar-refractivity contribution in [3.8, 4) is 11.4 Å². The van der Waals surface area contributed by atoms with Gasteiger partial charge >= 0.3 is 0 Å². The Morgan fingerprint density at radius 3 is 2.88 bits per heavy atom. The Morgan fingerprint density at radius 2 is 2.08 bits per heavy atom. The van der Waals surface area contributed by atoms with Crippen LogP contribution in [0.4, 0.5) is 5.82 Å². The van der Waals surface area contributed by atoms with E-state index in [1.807, 2.05) is 30.1 Å². The smallest absolute Gasteiger partial charge is 0.162 e. The van der Waals surface area contributed by atoms with Crippen molar-refractivity contribution >= 4 is 16.9 Å². The van der Waals surface area contributed by atoms with Gasteiger partial charge in [0.25, 0.3) is 0 Å². The van der Waals surface area contributed by atoms with Crippen LogP contribution in [-0.4, -0.2) is 45.3 Å². The zero-order valence-electron chi connectivity index (χ0n) is 15.2. The predicted octanol–water partition coefficient (Wildman–Crippen LogP) is 3.13. The fourth-order valence-corrected chi connectivity index (χ4v) is 3.74. The van der Waals surface area contributed by atoms with Crippen molar-refractivity contribution in [2.45, 2.75) is 31.7 Å². The highest BCUT2D eigenvalue weighted by Crippen LogP contribution is 2.41. The van der Waals surface area contributed by atoms with Crippen LogP contribution in [0.25, 0.3) is 22.4 Å². The van der Waals surface area contributed by atoms with Crippen LogP contribution in [0, 0.1) is 0 Å². The number of hydrogen-bond donors (Lipinski definition) is 0. The minimum absolute atomic E-state index is 0.327. The number of pyridine rings is 1. The summed E-state index contributed by atoms with van der Waals surface area (Å²) in [7, 11) is 2.02. The third kappa shape index (κ3) is 2.65. The van der Waals surface area contributed by atoms with Gasteiger partial charge in [0, 0.05) is 54.6 Å². The lowest BCUT2D eigenvalue weighted by Crippen LogP contribution is -2.44. The van der Waals surface area contributed by atoms with Crippen molar-refractivity contribution in [3.63, 3.8) is 0 Å². The second kappa shape index (κ2) is 6.06. The lowest BCUT2D eigenvalue weighted by atomic mass is 10.1. The average Bonchev–Trinajstić information content (AvgIpc) is 3.45. The van der Waals surface area contributed by atoms with E-state index in [0.717, 1.165) is 48.0 Å². The number of aryl methyl sites for hydroxylation is 1. The number of nitrogens with zero attached hydrogens (tertiary/aromatic N) is 5. The molecule has 3 aromatic heterocycles. The second-order valence-electron chi connectivity index (χ2n) is 7.39. The number of anilines is 1. The molecule has 134 valence electrons. The molecule has 0 bridgehead atoms. The van der Waals surface area contributed by atoms with Crippen molar-refractivity contribution in [1.29, 1.82) is 0 Å². The Bertz CT molecular complexity index is 962. The first-order chi connectivity index (χ1) is 12.7. The summed E-state index contributed by atoms with van der Waals surface area (Å²) in [5, 5.41) is 1.10. The Hall–Kier alpha value is -2.47. The highest BCUT2D eigenvalue weighted by Gasteiger charge is 2.29. The monoisotopic (exact) mass is 349 g/mol. The third-order valence-corrected chi connectivity index (χ3v) is 5.40. The molecule has 1 atom stereocenters. The van der Waals surface area contributed by atoms with Crippen molar-refractivity contribution in [2.24, 2.45) is 7.05 Å². The van der Waals surface area contributed by atoms with Gasteiger partial charge in [-0.05, 0) is 31.9 Å². The molecule has 6 nitrogen and oxygen atoms in total. The third-order valence-electron chi connectivity index (χ3n) is 5.40. The molecule has 0 radical (unpaired) electrons. The normalized spacial score (nSPS) is 20.7. The Labute approximate surface area is 152 Å². The predicted molar refractivity (Wildman–Crippen MR) is 101 cm³/mol. The Balaban J connectivity index is 1.66. The van der Waals surface area contributed by atoms with Crippen molar-refractivity contribution in [3.05, 3.63) is 36.3 Å². The number of hydrogen-bond acceptors (Lipinski definition) is 5. The summed E-state index contributed by atoms with van der Waals surface area (Å²) in [5.74, 6) is 2.41. The summed E-state index contributed by atoms with van der Waals surface area (Å²) in [6, 6.07) is 6.64. The maximum atomic E-state index is 5.60. The largest absolute Gasteiger partial charge is 0.377 e. The van der Waals surface area contributed by atoms with E-state index in [2.05, 4.69) is 28.9 Å². The topological polar surface area (TPSA) is 56.1 Å². The fraction of sp³-hybridized carbons (Fsp3) is 0.450. The zero-order valence-corrected chi connectivity index (χ0v) is 15.2. The molecule has 5 rings (SSSR count). The van der Waals surface area contributed by atoms with E-state index in [-0.39, 0.29) is 0 Å². The van der Waals surface area contributed by atoms with E-state index in [1.54, 1.807) is 0 Å². The molecule has 1 aliphatic carbocycles. The quantitative estimate of drug-likeness (QED) is 0.727. The number of ether oxygens (including phenoxy) is 1. The second-order valence-corrected chi connectivity index (χ2v) is 7.39. The number of aromatic nitrogens is 4. The number of morpholine rings is 1. The summed E-state index contributed by atoms with van der Waals surface area (Å²) in [5.41, 5.74) is 3.19. The van der Waals surface area contributed by atoms with E-state index < -0.39 is 0 Å². The van der Waals surface area contributed by atoms with Gasteiger partial charge in [0.05, 0.1) is 19.3 Å². The molecule has 0 spiro atoms. The maximum Gasteiger partial charge on any atom is 0.162 e. The molecule has 1 aliphatic heterocycles. The molecule has 6 heteroatoms. The Morgan fingerprint density at radius 1 is 1.19 bits per heavy atom. The molecule has 26 heavy (non-hydrogen) atoms. The van der Waals surface area contributed by atoms with Crippen LogP contribution < -0.4 is 4.90 Å². The van der Waals surface area contributed by atoms with Crippen LogP contribution in [0.2, 0.25) is 0 Å². The molecule has 1 saturated heterocycles. The van der Waals surface area contributed by atoms with Gasteiger partial charge < -0.3 is 14.2 Å². The number of rotatable bonds is 3. The van der Waals surface area contributed by atoms with Crippen LogP contribution in [0.15, 0.2) is 30.6 Å². The van der Waals surface area contributed by atoms with Gasteiger partial charge in [0.1, 0.15) is 11.5 Å². The molecule has 3 aromatic rings. The van der Waals surface area contributed by atoms with Crippen LogP contribution in [0.1, 0.15) is 31.4 Å². The fourth-order valence-electron chi connectivity index (χ4n) is 3.74. The lowest BCUT2D eigenvalue weighted by Gasteiger charge is -2.34. The molecule has 1 saturated carbocycles. The lowest BCUT2D eigenvalue weighted by molar-refractivity contribution is 0.0985. The van der Waals surface area contributed by atoms with Gasteiger partial charge in [-0.25, -0.2) is 15.0 Å². The SMILES string of the molecule is C[C@@H]1COCCN1c1cc(C2CC2)nc(-c2ccnc3c2ccn3C)n1. The molecule has 0 N–H and O–H groups in total. The summed E-state index contributed by atoms with van der Waals surface area (Å²) < 4.78 is 7.64. The van der Waals surface area contributed by atoms with Crippen LogP contribution in [0.3, 0.4) is 0 Å². The molecule has 0 aromatic carbocycles. The van der Waals surface area contributed by atoms with Gasteiger partial charge in [-0.15, -0.1) is 0 Å². The van der Waals surface area contributed by atoms with Crippen molar-refractivity contribution in [2.75, 3.05) is 24.7 Å². The van der Waals surface area contributed by atoms with E-state index in [1.165, 1.54) is 18.5 Å². The molecule has 0 amide bonds. The Kier molecular flexibility index (Phi) is 3.67. The molecular weight excluding hydrogens is 326 g/mol. The summed E-state index contributed by atoms with van der Waals surface area (Å²) in [6.45, 7) is 4.56. The highest BCUT2D eigenvalue weighted by molar-refractivity contribution is 5.91. The van der Waals surface area contributed by atoms with Gasteiger partial charge in [0.2, 0.25) is 0 Å². The minimum Gasteiger partial charge on any atom is -0.377 e. The molecular formula is C20H23N5O. The zero-order chi connectivity index (χ0) is 17.7. The molecule has 2 aliphatic rings. The maximum absolute atomic E-state index is 5.60. The van der Waals surface area contributed by atoms with Crippen LogP contribution >= 0.6 is 0 Å². The first-order valence-electron chi connectivity index (χ1n) is 9.34. The average molecular weight is 349 g/mol. The summed E-state index contributed by atoms with van der Waals surface area (Å²) >= 11 is 0. The van der Waals surface area contributed by atoms with Crippen molar-refractivity contribution < 1.29 is 4.74 Å². The van der Waals surface area contributed by atoms with E-state index >= 15 is 0 Å². The summed E-state index contributed by atoms with van der Waals surface area (Å²) in [4.78, 5) is 16.8. The van der Waals surface area contributed by atoms with E-state index in [9.17, 15) is 0 Å². The van der Waals surface area contributed by atoms with E-state index in [0.29, 0.717) is 12.0 Å². The van der Waals surface area contributed by atoms with Gasteiger partial charge in [0.15, 0.2) is 5.82 Å². The van der Waals surface area contributed by atoms with Crippen LogP contribution in [0.5, 0.6) is 0 Å². The standard InChI is InChI=1S/C20H23N5O/c1-13-12-26-10-9-25(13)18-11-17(14-3-4-14)22-19(23-18)15-5-7-21-20-16(15)6-8-24(20)2/h5-8,11,13-14H,3-4,9-10,12H2,1-2H3/t13-/m1/s1.